The maximum atomic E-state index is 12.9. The first kappa shape index (κ1) is 21.6. The summed E-state index contributed by atoms with van der Waals surface area (Å²) in [6.07, 6.45) is 0.835. The number of carboxylic acid groups (broad SMARTS) is 1. The molecule has 0 spiro atoms. The van der Waals surface area contributed by atoms with Gasteiger partial charge in [0.2, 0.25) is 0 Å². The lowest BCUT2D eigenvalue weighted by Gasteiger charge is -2.15. The van der Waals surface area contributed by atoms with Crippen molar-refractivity contribution in [2.24, 2.45) is 7.05 Å². The van der Waals surface area contributed by atoms with E-state index in [2.05, 4.69) is 27.8 Å². The van der Waals surface area contributed by atoms with Crippen molar-refractivity contribution >= 4 is 28.8 Å². The maximum absolute atomic E-state index is 12.9. The monoisotopic (exact) mass is 479 g/mol. The number of rotatable bonds is 5. The second-order valence-electron chi connectivity index (χ2n) is 8.60. The number of anilines is 1. The van der Waals surface area contributed by atoms with E-state index < -0.39 is 12.1 Å². The molecule has 1 aliphatic rings. The number of fused-ring (bicyclic) bond motifs is 4. The molecule has 3 aromatic carbocycles. The van der Waals surface area contributed by atoms with Crippen LogP contribution in [0.25, 0.3) is 27.8 Å². The van der Waals surface area contributed by atoms with E-state index in [-0.39, 0.29) is 29.6 Å². The predicted molar refractivity (Wildman–Crippen MR) is 133 cm³/mol. The van der Waals surface area contributed by atoms with Gasteiger partial charge in [0, 0.05) is 19.2 Å². The first-order chi connectivity index (χ1) is 17.5. The van der Waals surface area contributed by atoms with E-state index in [0.717, 1.165) is 22.3 Å². The molecule has 2 N–H and O–H groups in total. The Morgan fingerprint density at radius 2 is 1.61 bits per heavy atom. The van der Waals surface area contributed by atoms with E-state index in [4.69, 9.17) is 4.74 Å². The van der Waals surface area contributed by atoms with Gasteiger partial charge in [0.15, 0.2) is 5.69 Å². The van der Waals surface area contributed by atoms with Crippen LogP contribution in [-0.4, -0.2) is 43.3 Å². The molecule has 0 aliphatic heterocycles. The summed E-state index contributed by atoms with van der Waals surface area (Å²) in [5, 5.41) is 20.9. The molecule has 0 atom stereocenters. The molecule has 0 unspecified atom stereocenters. The Labute approximate surface area is 205 Å². The van der Waals surface area contributed by atoms with Crippen LogP contribution in [0.1, 0.15) is 27.5 Å². The highest BCUT2D eigenvalue weighted by Crippen LogP contribution is 2.44. The Morgan fingerprint density at radius 3 is 2.31 bits per heavy atom. The van der Waals surface area contributed by atoms with Gasteiger partial charge in [-0.2, -0.15) is 0 Å². The van der Waals surface area contributed by atoms with Crippen molar-refractivity contribution in [3.63, 3.8) is 0 Å². The number of amides is 1. The quantitative estimate of drug-likeness (QED) is 0.374. The number of para-hydroxylation sites is 1. The molecule has 178 valence electrons. The van der Waals surface area contributed by atoms with Gasteiger partial charge < -0.3 is 14.4 Å². The minimum absolute atomic E-state index is 0.0420. The summed E-state index contributed by atoms with van der Waals surface area (Å²) in [6.45, 7) is 0.139. The first-order valence-corrected chi connectivity index (χ1v) is 11.4. The number of aryl methyl sites for hydroxylation is 1. The largest absolute Gasteiger partial charge is 0.477 e. The molecule has 0 saturated heterocycles. The molecule has 0 fully saturated rings. The zero-order valence-electron chi connectivity index (χ0n) is 19.3. The van der Waals surface area contributed by atoms with Gasteiger partial charge >= 0.3 is 12.1 Å². The SMILES string of the molecule is Cn1cc(NC(=O)OCC2c3ccccc3-c3ccccc32)c(-n2nnc3ccccc32)c1C(=O)O. The topological polar surface area (TPSA) is 111 Å². The molecule has 9 heteroatoms. The van der Waals surface area contributed by atoms with Crippen LogP contribution < -0.4 is 5.32 Å². The van der Waals surface area contributed by atoms with Crippen molar-refractivity contribution in [3.05, 3.63) is 95.8 Å². The highest BCUT2D eigenvalue weighted by atomic mass is 16.5. The lowest BCUT2D eigenvalue weighted by Crippen LogP contribution is -2.19. The predicted octanol–water partition coefficient (Wildman–Crippen LogP) is 4.82. The van der Waals surface area contributed by atoms with E-state index in [1.165, 1.54) is 15.4 Å². The van der Waals surface area contributed by atoms with Crippen LogP contribution in [0.2, 0.25) is 0 Å². The number of nitrogens with one attached hydrogen (secondary N) is 1. The van der Waals surface area contributed by atoms with Gasteiger partial charge in [-0.05, 0) is 34.4 Å². The van der Waals surface area contributed by atoms with Gasteiger partial charge in [0.25, 0.3) is 0 Å². The van der Waals surface area contributed by atoms with Crippen LogP contribution in [0.15, 0.2) is 79.0 Å². The van der Waals surface area contributed by atoms with Gasteiger partial charge in [-0.25, -0.2) is 14.3 Å². The van der Waals surface area contributed by atoms with Crippen molar-refractivity contribution in [2.45, 2.75) is 5.92 Å². The van der Waals surface area contributed by atoms with E-state index in [1.54, 1.807) is 19.2 Å². The molecular formula is C27H21N5O4. The smallest absolute Gasteiger partial charge is 0.411 e. The number of hydrogen-bond acceptors (Lipinski definition) is 5. The van der Waals surface area contributed by atoms with Gasteiger partial charge in [-0.1, -0.05) is 65.9 Å². The zero-order chi connectivity index (χ0) is 24.8. The summed E-state index contributed by atoms with van der Waals surface area (Å²) in [4.78, 5) is 25.0. The zero-order valence-corrected chi connectivity index (χ0v) is 19.3. The molecule has 5 aromatic rings. The highest BCUT2D eigenvalue weighted by molar-refractivity contribution is 5.98. The third-order valence-corrected chi connectivity index (χ3v) is 6.50. The van der Waals surface area contributed by atoms with Crippen LogP contribution in [0, 0.1) is 0 Å². The fourth-order valence-electron chi connectivity index (χ4n) is 4.95. The minimum atomic E-state index is -1.16. The Balaban J connectivity index is 1.30. The van der Waals surface area contributed by atoms with Gasteiger partial charge in [-0.15, -0.1) is 5.10 Å². The van der Waals surface area contributed by atoms with Crippen molar-refractivity contribution < 1.29 is 19.4 Å². The first-order valence-electron chi connectivity index (χ1n) is 11.4. The third-order valence-electron chi connectivity index (χ3n) is 6.50. The van der Waals surface area contributed by atoms with E-state index in [1.807, 2.05) is 48.5 Å². The van der Waals surface area contributed by atoms with E-state index in [0.29, 0.717) is 11.0 Å². The number of benzene rings is 3. The Bertz CT molecular complexity index is 1610. The Hall–Kier alpha value is -4.92. The Kier molecular flexibility index (Phi) is 5.03. The molecule has 1 amide bonds. The summed E-state index contributed by atoms with van der Waals surface area (Å²) >= 11 is 0. The number of hydrogen-bond donors (Lipinski definition) is 2. The number of aromatic carboxylic acids is 1. The highest BCUT2D eigenvalue weighted by Gasteiger charge is 2.30. The van der Waals surface area contributed by atoms with Gasteiger partial charge in [0.1, 0.15) is 17.8 Å². The normalized spacial score (nSPS) is 12.4. The molecule has 0 saturated carbocycles. The standard InChI is InChI=1S/C27H21N5O4/c1-31-14-22(24(25(31)26(33)34)32-23-13-7-6-12-21(23)29-30-32)28-27(35)36-15-20-18-10-4-2-8-16(18)17-9-3-5-11-19(17)20/h2-14,20H,15H2,1H3,(H,28,35)(H,33,34). The minimum Gasteiger partial charge on any atom is -0.477 e. The lowest BCUT2D eigenvalue weighted by atomic mass is 9.98. The number of aromatic nitrogens is 4. The molecule has 6 rings (SSSR count). The molecule has 36 heavy (non-hydrogen) atoms. The van der Waals surface area contributed by atoms with E-state index >= 15 is 0 Å². The van der Waals surface area contributed by atoms with Crippen LogP contribution in [-0.2, 0) is 11.8 Å². The van der Waals surface area contributed by atoms with E-state index in [9.17, 15) is 14.7 Å². The Morgan fingerprint density at radius 1 is 0.972 bits per heavy atom. The maximum Gasteiger partial charge on any atom is 0.411 e. The second-order valence-corrected chi connectivity index (χ2v) is 8.60. The molecule has 9 nitrogen and oxygen atoms in total. The average molecular weight is 479 g/mol. The number of carbonyl (C=O) groups is 2. The molecule has 2 heterocycles. The fourth-order valence-corrected chi connectivity index (χ4v) is 4.95. The summed E-state index contributed by atoms with van der Waals surface area (Å²) in [5.74, 6) is -1.25. The van der Waals surface area contributed by atoms with Crippen LogP contribution in [0.3, 0.4) is 0 Å². The summed E-state index contributed by atoms with van der Waals surface area (Å²) in [7, 11) is 1.59. The number of nitrogens with zero attached hydrogens (tertiary/aromatic N) is 4. The molecule has 2 aromatic heterocycles. The van der Waals surface area contributed by atoms with Crippen LogP contribution in [0.5, 0.6) is 0 Å². The summed E-state index contributed by atoms with van der Waals surface area (Å²) in [5.41, 5.74) is 6.11. The van der Waals surface area contributed by atoms with Crippen molar-refractivity contribution in [3.8, 4) is 16.8 Å². The third kappa shape index (κ3) is 3.40. The second kappa shape index (κ2) is 8.38. The fraction of sp³-hybridized carbons (Fsp3) is 0.111. The van der Waals surface area contributed by atoms with Crippen molar-refractivity contribution in [1.82, 2.24) is 19.6 Å². The molecule has 0 radical (unpaired) electrons. The lowest BCUT2D eigenvalue weighted by molar-refractivity contribution is 0.0686. The molecular weight excluding hydrogens is 458 g/mol. The number of carbonyl (C=O) groups excluding carboxylic acids is 1. The van der Waals surface area contributed by atoms with Crippen LogP contribution >= 0.6 is 0 Å². The number of carboxylic acids is 1. The van der Waals surface area contributed by atoms with Crippen LogP contribution in [0.4, 0.5) is 10.5 Å². The molecule has 1 aliphatic carbocycles. The summed E-state index contributed by atoms with van der Waals surface area (Å²) in [6, 6.07) is 23.4. The van der Waals surface area contributed by atoms with Gasteiger partial charge in [-0.3, -0.25) is 5.32 Å². The van der Waals surface area contributed by atoms with Gasteiger partial charge in [0.05, 0.1) is 11.2 Å². The number of ether oxygens (including phenoxy) is 1. The average Bonchev–Trinajstić information content (AvgIpc) is 3.54. The summed E-state index contributed by atoms with van der Waals surface area (Å²) < 4.78 is 8.50. The van der Waals surface area contributed by atoms with Crippen molar-refractivity contribution in [1.29, 1.82) is 0 Å². The van der Waals surface area contributed by atoms with Crippen molar-refractivity contribution in [2.75, 3.05) is 11.9 Å². The molecule has 0 bridgehead atoms.